The van der Waals surface area contributed by atoms with Crippen LogP contribution in [-0.2, 0) is 13.1 Å². The predicted octanol–water partition coefficient (Wildman–Crippen LogP) is 2.80. The first-order valence-electron chi connectivity index (χ1n) is 6.47. The van der Waals surface area contributed by atoms with Gasteiger partial charge in [0.2, 0.25) is 0 Å². The summed E-state index contributed by atoms with van der Waals surface area (Å²) in [4.78, 5) is 0. The molecule has 0 atom stereocenters. The molecule has 4 heteroatoms. The Morgan fingerprint density at radius 1 is 0.650 bits per heavy atom. The van der Waals surface area contributed by atoms with Crippen molar-refractivity contribution in [1.82, 2.24) is 9.13 Å². The monoisotopic (exact) mass is 268 g/mol. The van der Waals surface area contributed by atoms with Gasteiger partial charge in [-0.05, 0) is 36.4 Å². The number of benzene rings is 1. The first-order chi connectivity index (χ1) is 9.72. The number of rotatable bonds is 4. The van der Waals surface area contributed by atoms with E-state index in [-0.39, 0.29) is 11.5 Å². The lowest BCUT2D eigenvalue weighted by Gasteiger charge is -2.11. The lowest BCUT2D eigenvalue weighted by Crippen LogP contribution is -2.00. The summed E-state index contributed by atoms with van der Waals surface area (Å²) in [6.07, 6.45) is 7.68. The first kappa shape index (κ1) is 12.4. The highest BCUT2D eigenvalue weighted by molar-refractivity contribution is 5.45. The zero-order valence-corrected chi connectivity index (χ0v) is 11.0. The second-order valence-corrected chi connectivity index (χ2v) is 4.82. The zero-order chi connectivity index (χ0) is 13.9. The Hall–Kier alpha value is -2.62. The highest BCUT2D eigenvalue weighted by Crippen LogP contribution is 2.28. The fourth-order valence-corrected chi connectivity index (χ4v) is 2.26. The van der Waals surface area contributed by atoms with Gasteiger partial charge in [0, 0.05) is 35.9 Å². The molecule has 2 aromatic heterocycles. The predicted molar refractivity (Wildman–Crippen MR) is 76.8 cm³/mol. The largest absolute Gasteiger partial charge is 0.508 e. The second-order valence-electron chi connectivity index (χ2n) is 4.82. The molecule has 0 saturated heterocycles. The van der Waals surface area contributed by atoms with Crippen molar-refractivity contribution in [3.05, 3.63) is 72.3 Å². The van der Waals surface area contributed by atoms with Crippen LogP contribution in [0.5, 0.6) is 11.5 Å². The van der Waals surface area contributed by atoms with Gasteiger partial charge in [0.1, 0.15) is 11.5 Å². The van der Waals surface area contributed by atoms with Crippen molar-refractivity contribution in [1.29, 1.82) is 0 Å². The summed E-state index contributed by atoms with van der Waals surface area (Å²) in [5.41, 5.74) is 1.41. The Morgan fingerprint density at radius 2 is 1.00 bits per heavy atom. The van der Waals surface area contributed by atoms with E-state index in [2.05, 4.69) is 0 Å². The van der Waals surface area contributed by atoms with Crippen LogP contribution in [0.2, 0.25) is 0 Å². The van der Waals surface area contributed by atoms with Gasteiger partial charge in [-0.15, -0.1) is 0 Å². The normalized spacial score (nSPS) is 10.8. The van der Waals surface area contributed by atoms with Crippen LogP contribution in [0.15, 0.2) is 61.2 Å². The van der Waals surface area contributed by atoms with E-state index in [1.54, 1.807) is 12.1 Å². The van der Waals surface area contributed by atoms with Crippen LogP contribution in [0.1, 0.15) is 11.1 Å². The van der Waals surface area contributed by atoms with E-state index in [0.29, 0.717) is 24.2 Å². The van der Waals surface area contributed by atoms with Crippen LogP contribution in [0.3, 0.4) is 0 Å². The number of hydrogen-bond acceptors (Lipinski definition) is 2. The van der Waals surface area contributed by atoms with Crippen LogP contribution in [0, 0.1) is 0 Å². The molecule has 0 saturated carbocycles. The quantitative estimate of drug-likeness (QED) is 0.715. The number of phenols is 2. The molecule has 3 rings (SSSR count). The minimum atomic E-state index is 0.207. The standard InChI is InChI=1S/C16H16N2O2/c19-15-10-14(12-18-7-3-4-8-18)16(20)9-13(15)11-17-5-1-2-6-17/h1-10,19-20H,11-12H2. The Kier molecular flexibility index (Phi) is 3.21. The average Bonchev–Trinajstić information content (AvgIpc) is 3.08. The molecule has 2 heterocycles. The lowest BCUT2D eigenvalue weighted by atomic mass is 10.1. The van der Waals surface area contributed by atoms with Crippen molar-refractivity contribution < 1.29 is 10.2 Å². The molecule has 0 bridgehead atoms. The molecule has 0 aliphatic heterocycles. The van der Waals surface area contributed by atoms with Gasteiger partial charge in [0.25, 0.3) is 0 Å². The molecule has 4 nitrogen and oxygen atoms in total. The SMILES string of the molecule is Oc1cc(Cn2cccc2)c(O)cc1Cn1cccc1. The second kappa shape index (κ2) is 5.17. The highest BCUT2D eigenvalue weighted by atomic mass is 16.3. The molecule has 0 spiro atoms. The van der Waals surface area contributed by atoms with Crippen LogP contribution < -0.4 is 0 Å². The first-order valence-corrected chi connectivity index (χ1v) is 6.47. The molecule has 0 aliphatic rings. The van der Waals surface area contributed by atoms with Gasteiger partial charge in [-0.1, -0.05) is 0 Å². The third-order valence-electron chi connectivity index (χ3n) is 3.32. The molecule has 0 fully saturated rings. The van der Waals surface area contributed by atoms with Gasteiger partial charge in [-0.2, -0.15) is 0 Å². The molecular formula is C16H16N2O2. The smallest absolute Gasteiger partial charge is 0.121 e. The Balaban J connectivity index is 1.86. The van der Waals surface area contributed by atoms with Crippen LogP contribution >= 0.6 is 0 Å². The van der Waals surface area contributed by atoms with E-state index in [4.69, 9.17) is 0 Å². The van der Waals surface area contributed by atoms with E-state index in [1.165, 1.54) is 0 Å². The van der Waals surface area contributed by atoms with Crippen molar-refractivity contribution in [2.75, 3.05) is 0 Å². The summed E-state index contributed by atoms with van der Waals surface area (Å²) in [7, 11) is 0. The van der Waals surface area contributed by atoms with Gasteiger partial charge in [0.05, 0.1) is 13.1 Å². The van der Waals surface area contributed by atoms with Gasteiger partial charge >= 0.3 is 0 Å². The maximum Gasteiger partial charge on any atom is 0.121 e. The summed E-state index contributed by atoms with van der Waals surface area (Å²) in [5, 5.41) is 20.2. The molecule has 20 heavy (non-hydrogen) atoms. The molecule has 2 N–H and O–H groups in total. The van der Waals surface area contributed by atoms with E-state index < -0.39 is 0 Å². The molecule has 102 valence electrons. The van der Waals surface area contributed by atoms with Crippen molar-refractivity contribution in [3.8, 4) is 11.5 Å². The van der Waals surface area contributed by atoms with Crippen LogP contribution in [0.25, 0.3) is 0 Å². The molecule has 0 radical (unpaired) electrons. The third kappa shape index (κ3) is 2.54. The van der Waals surface area contributed by atoms with E-state index >= 15 is 0 Å². The zero-order valence-electron chi connectivity index (χ0n) is 11.0. The molecule has 1 aromatic carbocycles. The molecule has 3 aromatic rings. The van der Waals surface area contributed by atoms with Crippen molar-refractivity contribution in [2.45, 2.75) is 13.1 Å². The van der Waals surface area contributed by atoms with Gasteiger partial charge in [-0.25, -0.2) is 0 Å². The van der Waals surface area contributed by atoms with Crippen molar-refractivity contribution in [3.63, 3.8) is 0 Å². The minimum Gasteiger partial charge on any atom is -0.508 e. The summed E-state index contributed by atoms with van der Waals surface area (Å²) < 4.78 is 3.89. The minimum absolute atomic E-state index is 0.207. The van der Waals surface area contributed by atoms with Crippen LogP contribution in [0.4, 0.5) is 0 Å². The number of aromatic nitrogens is 2. The topological polar surface area (TPSA) is 50.3 Å². The van der Waals surface area contributed by atoms with Crippen LogP contribution in [-0.4, -0.2) is 19.3 Å². The summed E-state index contributed by atoms with van der Waals surface area (Å²) in [5.74, 6) is 0.414. The Bertz CT molecular complexity index is 624. The fraction of sp³-hybridized carbons (Fsp3) is 0.125. The van der Waals surface area contributed by atoms with Gasteiger partial charge in [0.15, 0.2) is 0 Å². The third-order valence-corrected chi connectivity index (χ3v) is 3.32. The summed E-state index contributed by atoms with van der Waals surface area (Å²) >= 11 is 0. The molecule has 0 amide bonds. The number of nitrogens with zero attached hydrogens (tertiary/aromatic N) is 2. The lowest BCUT2D eigenvalue weighted by molar-refractivity contribution is 0.445. The Labute approximate surface area is 117 Å². The number of aromatic hydroxyl groups is 2. The molecule has 0 unspecified atom stereocenters. The number of phenolic OH excluding ortho intramolecular Hbond substituents is 2. The molecule has 0 aliphatic carbocycles. The van der Waals surface area contributed by atoms with Crippen molar-refractivity contribution >= 4 is 0 Å². The van der Waals surface area contributed by atoms with Gasteiger partial charge in [-0.3, -0.25) is 0 Å². The van der Waals surface area contributed by atoms with Crippen molar-refractivity contribution in [2.24, 2.45) is 0 Å². The highest BCUT2D eigenvalue weighted by Gasteiger charge is 2.09. The number of hydrogen-bond donors (Lipinski definition) is 2. The van der Waals surface area contributed by atoms with E-state index in [0.717, 1.165) is 0 Å². The maximum absolute atomic E-state index is 10.1. The summed E-state index contributed by atoms with van der Waals surface area (Å²) in [6.45, 7) is 1.08. The van der Waals surface area contributed by atoms with E-state index in [9.17, 15) is 10.2 Å². The van der Waals surface area contributed by atoms with Gasteiger partial charge < -0.3 is 19.3 Å². The van der Waals surface area contributed by atoms with E-state index in [1.807, 2.05) is 58.2 Å². The Morgan fingerprint density at radius 3 is 1.35 bits per heavy atom. The fourth-order valence-electron chi connectivity index (χ4n) is 2.26. The maximum atomic E-state index is 10.1. The average molecular weight is 268 g/mol. The molecular weight excluding hydrogens is 252 g/mol. The summed E-state index contributed by atoms with van der Waals surface area (Å²) in [6, 6.07) is 11.0.